The molecular weight excluding hydrogens is 293 g/mol. The van der Waals surface area contributed by atoms with Gasteiger partial charge in [-0.3, -0.25) is 0 Å². The lowest BCUT2D eigenvalue weighted by molar-refractivity contribution is 1.26. The molecule has 0 bridgehead atoms. The number of nitrogens with one attached hydrogen (secondary N) is 1. The van der Waals surface area contributed by atoms with Crippen molar-refractivity contribution in [3.8, 4) is 11.1 Å². The largest absolute Gasteiger partial charge is 0.308 e. The summed E-state index contributed by atoms with van der Waals surface area (Å²) in [4.78, 5) is 4.41. The maximum absolute atomic E-state index is 6.29. The third-order valence-electron chi connectivity index (χ3n) is 3.08. The van der Waals surface area contributed by atoms with Crippen molar-refractivity contribution < 1.29 is 0 Å². The third kappa shape index (κ3) is 2.31. The minimum Gasteiger partial charge on any atom is -0.308 e. The van der Waals surface area contributed by atoms with E-state index in [0.29, 0.717) is 15.9 Å². The molecule has 0 fully saturated rings. The van der Waals surface area contributed by atoms with Gasteiger partial charge in [0.25, 0.3) is 0 Å². The van der Waals surface area contributed by atoms with Gasteiger partial charge in [0.05, 0.1) is 5.52 Å². The molecule has 0 saturated heterocycles. The fourth-order valence-corrected chi connectivity index (χ4v) is 2.58. The van der Waals surface area contributed by atoms with Gasteiger partial charge in [-0.2, -0.15) is 0 Å². The number of anilines is 1. The van der Waals surface area contributed by atoms with E-state index < -0.39 is 0 Å². The number of nitrogens with zero attached hydrogens (tertiary/aromatic N) is 1. The summed E-state index contributed by atoms with van der Waals surface area (Å²) in [5.74, 6) is 6.06. The van der Waals surface area contributed by atoms with Crippen molar-refractivity contribution in [3.05, 3.63) is 58.6 Å². The smallest absolute Gasteiger partial charge is 0.141 e. The quantitative estimate of drug-likeness (QED) is 0.541. The van der Waals surface area contributed by atoms with Gasteiger partial charge in [0, 0.05) is 21.0 Å². The van der Waals surface area contributed by atoms with Gasteiger partial charge in [0.2, 0.25) is 0 Å². The van der Waals surface area contributed by atoms with E-state index in [9.17, 15) is 0 Å². The van der Waals surface area contributed by atoms with Crippen LogP contribution in [0.5, 0.6) is 0 Å². The number of nitrogen functional groups attached to an aromatic ring is 1. The number of nitrogens with two attached hydrogens (primary N) is 1. The van der Waals surface area contributed by atoms with E-state index in [2.05, 4.69) is 10.4 Å². The van der Waals surface area contributed by atoms with Gasteiger partial charge < -0.3 is 5.43 Å². The van der Waals surface area contributed by atoms with Crippen molar-refractivity contribution in [1.82, 2.24) is 4.98 Å². The summed E-state index contributed by atoms with van der Waals surface area (Å²) in [6, 6.07) is 15.0. The molecule has 0 aliphatic heterocycles. The molecule has 3 nitrogen and oxygen atoms in total. The number of hydrogen-bond donors (Lipinski definition) is 2. The zero-order valence-corrected chi connectivity index (χ0v) is 11.9. The molecule has 0 saturated carbocycles. The Hall–Kier alpha value is -1.81. The summed E-state index contributed by atoms with van der Waals surface area (Å²) >= 11 is 12.4. The van der Waals surface area contributed by atoms with Crippen LogP contribution in [0.2, 0.25) is 10.0 Å². The van der Waals surface area contributed by atoms with E-state index in [4.69, 9.17) is 29.0 Å². The van der Waals surface area contributed by atoms with Gasteiger partial charge in [0.1, 0.15) is 5.82 Å². The fraction of sp³-hybridized carbons (Fsp3) is 0. The third-order valence-corrected chi connectivity index (χ3v) is 3.65. The van der Waals surface area contributed by atoms with Crippen LogP contribution in [-0.2, 0) is 0 Å². The summed E-state index contributed by atoms with van der Waals surface area (Å²) in [5, 5.41) is 2.26. The highest BCUT2D eigenvalue weighted by molar-refractivity contribution is 6.34. The molecular formula is C15H11Cl2N3. The highest BCUT2D eigenvalue weighted by Crippen LogP contribution is 2.35. The second-order valence-electron chi connectivity index (χ2n) is 4.34. The van der Waals surface area contributed by atoms with Gasteiger partial charge in [-0.1, -0.05) is 41.4 Å². The van der Waals surface area contributed by atoms with E-state index in [-0.39, 0.29) is 0 Å². The normalized spacial score (nSPS) is 10.8. The molecule has 0 unspecified atom stereocenters. The molecule has 3 rings (SSSR count). The number of hydrazine groups is 1. The second-order valence-corrected chi connectivity index (χ2v) is 5.18. The van der Waals surface area contributed by atoms with E-state index in [1.54, 1.807) is 6.07 Å². The molecule has 0 amide bonds. The van der Waals surface area contributed by atoms with E-state index in [1.165, 1.54) is 0 Å². The van der Waals surface area contributed by atoms with E-state index in [0.717, 1.165) is 22.0 Å². The molecule has 0 aliphatic rings. The highest BCUT2D eigenvalue weighted by Gasteiger charge is 2.10. The minimum atomic E-state index is 0.578. The van der Waals surface area contributed by atoms with Crippen LogP contribution in [0, 0.1) is 0 Å². The predicted molar refractivity (Wildman–Crippen MR) is 85.0 cm³/mol. The monoisotopic (exact) mass is 303 g/mol. The lowest BCUT2D eigenvalue weighted by atomic mass is 10.0. The van der Waals surface area contributed by atoms with Gasteiger partial charge in [-0.05, 0) is 35.9 Å². The van der Waals surface area contributed by atoms with Crippen LogP contribution in [0.25, 0.3) is 22.0 Å². The number of halogens is 2. The Morgan fingerprint density at radius 3 is 2.50 bits per heavy atom. The lowest BCUT2D eigenvalue weighted by Crippen LogP contribution is -2.08. The van der Waals surface area contributed by atoms with Crippen molar-refractivity contribution in [2.45, 2.75) is 0 Å². The summed E-state index contributed by atoms with van der Waals surface area (Å²) in [6.45, 7) is 0. The molecule has 20 heavy (non-hydrogen) atoms. The number of pyridine rings is 1. The van der Waals surface area contributed by atoms with Crippen LogP contribution in [-0.4, -0.2) is 4.98 Å². The van der Waals surface area contributed by atoms with Crippen LogP contribution in [0.4, 0.5) is 5.82 Å². The zero-order chi connectivity index (χ0) is 14.1. The topological polar surface area (TPSA) is 50.9 Å². The average Bonchev–Trinajstić information content (AvgIpc) is 2.47. The molecule has 0 spiro atoms. The molecule has 100 valence electrons. The SMILES string of the molecule is NNc1cc(-c2ccccc2Cl)c2cc(Cl)ccc2n1. The Morgan fingerprint density at radius 2 is 1.75 bits per heavy atom. The average molecular weight is 304 g/mol. The first kappa shape index (κ1) is 13.2. The highest BCUT2D eigenvalue weighted by atomic mass is 35.5. The molecule has 0 aliphatic carbocycles. The Bertz CT molecular complexity index is 787. The second kappa shape index (κ2) is 5.29. The van der Waals surface area contributed by atoms with Crippen LogP contribution in [0.15, 0.2) is 48.5 Å². The van der Waals surface area contributed by atoms with Crippen molar-refractivity contribution in [1.29, 1.82) is 0 Å². The molecule has 0 atom stereocenters. The Morgan fingerprint density at radius 1 is 0.950 bits per heavy atom. The Labute approximate surface area is 126 Å². The lowest BCUT2D eigenvalue weighted by Gasteiger charge is -2.11. The van der Waals surface area contributed by atoms with Gasteiger partial charge in [-0.25, -0.2) is 10.8 Å². The molecule has 2 aromatic carbocycles. The molecule has 1 heterocycles. The van der Waals surface area contributed by atoms with Crippen LogP contribution >= 0.6 is 23.2 Å². The molecule has 5 heteroatoms. The zero-order valence-electron chi connectivity index (χ0n) is 10.4. The minimum absolute atomic E-state index is 0.578. The number of benzene rings is 2. The molecule has 3 N–H and O–H groups in total. The maximum atomic E-state index is 6.29. The number of hydrogen-bond acceptors (Lipinski definition) is 3. The van der Waals surface area contributed by atoms with Crippen molar-refractivity contribution in [2.24, 2.45) is 5.84 Å². The summed E-state index contributed by atoms with van der Waals surface area (Å²) in [5.41, 5.74) is 5.24. The van der Waals surface area contributed by atoms with Crippen molar-refractivity contribution >= 4 is 39.9 Å². The molecule has 1 aromatic heterocycles. The molecule has 3 aromatic rings. The van der Waals surface area contributed by atoms with E-state index >= 15 is 0 Å². The van der Waals surface area contributed by atoms with Crippen molar-refractivity contribution in [3.63, 3.8) is 0 Å². The Balaban J connectivity index is 2.38. The van der Waals surface area contributed by atoms with Gasteiger partial charge in [-0.15, -0.1) is 0 Å². The standard InChI is InChI=1S/C15H11Cl2N3/c16-9-5-6-14-12(7-9)11(8-15(19-14)20-18)10-3-1-2-4-13(10)17/h1-8H,18H2,(H,19,20). The first-order valence-electron chi connectivity index (χ1n) is 6.01. The van der Waals surface area contributed by atoms with E-state index in [1.807, 2.05) is 42.5 Å². The predicted octanol–water partition coefficient (Wildman–Crippen LogP) is 4.49. The molecule has 0 radical (unpaired) electrons. The van der Waals surface area contributed by atoms with Gasteiger partial charge in [0.15, 0.2) is 0 Å². The summed E-state index contributed by atoms with van der Waals surface area (Å²) in [7, 11) is 0. The summed E-state index contributed by atoms with van der Waals surface area (Å²) < 4.78 is 0. The Kier molecular flexibility index (Phi) is 3.49. The van der Waals surface area contributed by atoms with Crippen LogP contribution in [0.3, 0.4) is 0 Å². The number of aromatic nitrogens is 1. The first-order chi connectivity index (χ1) is 9.69. The number of rotatable bonds is 2. The van der Waals surface area contributed by atoms with Crippen molar-refractivity contribution in [2.75, 3.05) is 5.43 Å². The fourth-order valence-electron chi connectivity index (χ4n) is 2.17. The van der Waals surface area contributed by atoms with Crippen LogP contribution in [0.1, 0.15) is 0 Å². The first-order valence-corrected chi connectivity index (χ1v) is 6.76. The summed E-state index contributed by atoms with van der Waals surface area (Å²) in [6.07, 6.45) is 0. The maximum Gasteiger partial charge on any atom is 0.141 e. The van der Waals surface area contributed by atoms with Gasteiger partial charge >= 0.3 is 0 Å². The number of fused-ring (bicyclic) bond motifs is 1. The van der Waals surface area contributed by atoms with Crippen LogP contribution < -0.4 is 11.3 Å².